The molecule has 0 saturated heterocycles. The maximum atomic E-state index is 10.5. The summed E-state index contributed by atoms with van der Waals surface area (Å²) in [6, 6.07) is 6.07. The molecule has 1 aliphatic rings. The summed E-state index contributed by atoms with van der Waals surface area (Å²) >= 11 is 0. The van der Waals surface area contributed by atoms with Crippen LogP contribution < -0.4 is 4.74 Å². The molecule has 5 heteroatoms. The Morgan fingerprint density at radius 3 is 2.92 bits per heavy atom. The summed E-state index contributed by atoms with van der Waals surface area (Å²) in [4.78, 5) is 15.7. The number of fused-ring (bicyclic) bond motifs is 1. The fourth-order valence-electron chi connectivity index (χ4n) is 2.88. The normalized spacial score (nSPS) is 14.7. The van der Waals surface area contributed by atoms with Crippen molar-refractivity contribution in [3.05, 3.63) is 41.5 Å². The average molecular weight is 359 g/mol. The van der Waals surface area contributed by atoms with Gasteiger partial charge in [0.1, 0.15) is 19.0 Å². The van der Waals surface area contributed by atoms with E-state index in [0.717, 1.165) is 36.3 Å². The Bertz CT molecular complexity index is 637. The lowest BCUT2D eigenvalue weighted by molar-refractivity contribution is -0.137. The van der Waals surface area contributed by atoms with Crippen molar-refractivity contribution in [3.8, 4) is 5.75 Å². The van der Waals surface area contributed by atoms with Gasteiger partial charge in [0.05, 0.1) is 5.71 Å². The summed E-state index contributed by atoms with van der Waals surface area (Å²) < 4.78 is 5.80. The van der Waals surface area contributed by atoms with Gasteiger partial charge in [-0.3, -0.25) is 4.79 Å². The lowest BCUT2D eigenvalue weighted by Crippen LogP contribution is -2.00. The summed E-state index contributed by atoms with van der Waals surface area (Å²) in [6.07, 6.45) is 11.5. The molecule has 0 atom stereocenters. The number of rotatable bonds is 12. The number of carboxylic acids is 1. The average Bonchev–Trinajstić information content (AvgIpc) is 3.03. The van der Waals surface area contributed by atoms with Crippen molar-refractivity contribution >= 4 is 11.7 Å². The van der Waals surface area contributed by atoms with Crippen molar-refractivity contribution in [2.45, 2.75) is 58.3 Å². The maximum Gasteiger partial charge on any atom is 0.303 e. The lowest BCUT2D eigenvalue weighted by Gasteiger charge is -2.06. The summed E-state index contributed by atoms with van der Waals surface area (Å²) in [5.41, 5.74) is 3.26. The molecule has 0 aliphatic heterocycles. The van der Waals surface area contributed by atoms with Gasteiger partial charge in [-0.25, -0.2) is 0 Å². The Morgan fingerprint density at radius 1 is 1.23 bits per heavy atom. The topological polar surface area (TPSA) is 68.1 Å². The third kappa shape index (κ3) is 6.90. The number of aryl methyl sites for hydroxylation is 1. The van der Waals surface area contributed by atoms with Crippen LogP contribution in [0, 0.1) is 0 Å². The highest BCUT2D eigenvalue weighted by Crippen LogP contribution is 2.27. The largest absolute Gasteiger partial charge is 0.490 e. The highest BCUT2D eigenvalue weighted by Gasteiger charge is 2.19. The molecule has 26 heavy (non-hydrogen) atoms. The summed E-state index contributed by atoms with van der Waals surface area (Å²) in [6.45, 7) is 3.14. The van der Waals surface area contributed by atoms with E-state index in [1.165, 1.54) is 24.8 Å². The quantitative estimate of drug-likeness (QED) is 0.333. The first-order valence-corrected chi connectivity index (χ1v) is 9.52. The number of nitrogens with zero attached hydrogens (tertiary/aromatic N) is 1. The molecule has 0 radical (unpaired) electrons. The Morgan fingerprint density at radius 2 is 2.12 bits per heavy atom. The number of allylic oxidation sites excluding steroid dienone is 1. The third-order valence-electron chi connectivity index (χ3n) is 4.31. The molecule has 2 rings (SSSR count). The SMILES string of the molecule is CCCCC/C=C\COc1ccc2c(c1)CC/C2=N/OCCCC(=O)O. The van der Waals surface area contributed by atoms with Gasteiger partial charge in [0.15, 0.2) is 0 Å². The van der Waals surface area contributed by atoms with Crippen molar-refractivity contribution in [2.75, 3.05) is 13.2 Å². The second-order valence-electron chi connectivity index (χ2n) is 6.47. The Hall–Kier alpha value is -2.30. The first-order chi connectivity index (χ1) is 12.7. The number of ether oxygens (including phenoxy) is 1. The molecule has 1 aromatic carbocycles. The van der Waals surface area contributed by atoms with E-state index in [4.69, 9.17) is 14.7 Å². The zero-order valence-electron chi connectivity index (χ0n) is 15.6. The molecule has 1 aliphatic carbocycles. The molecule has 0 amide bonds. The van der Waals surface area contributed by atoms with E-state index >= 15 is 0 Å². The van der Waals surface area contributed by atoms with Crippen LogP contribution >= 0.6 is 0 Å². The molecular weight excluding hydrogens is 330 g/mol. The van der Waals surface area contributed by atoms with Gasteiger partial charge in [0.25, 0.3) is 0 Å². The van der Waals surface area contributed by atoms with E-state index in [9.17, 15) is 4.79 Å². The van der Waals surface area contributed by atoms with Crippen molar-refractivity contribution in [3.63, 3.8) is 0 Å². The van der Waals surface area contributed by atoms with Crippen LogP contribution in [0.2, 0.25) is 0 Å². The van der Waals surface area contributed by atoms with Crippen molar-refractivity contribution in [2.24, 2.45) is 5.16 Å². The number of hydrogen-bond acceptors (Lipinski definition) is 4. The predicted molar refractivity (Wildman–Crippen MR) is 103 cm³/mol. The van der Waals surface area contributed by atoms with Crippen LogP contribution in [-0.4, -0.2) is 30.0 Å². The van der Waals surface area contributed by atoms with Gasteiger partial charge in [-0.1, -0.05) is 37.1 Å². The van der Waals surface area contributed by atoms with Crippen LogP contribution in [0.15, 0.2) is 35.5 Å². The summed E-state index contributed by atoms with van der Waals surface area (Å²) in [5.74, 6) is 0.0707. The Labute approximate surface area is 155 Å². The predicted octanol–water partition coefficient (Wildman–Crippen LogP) is 4.73. The number of carbonyl (C=O) groups is 1. The molecule has 0 heterocycles. The highest BCUT2D eigenvalue weighted by atomic mass is 16.6. The zero-order valence-corrected chi connectivity index (χ0v) is 15.6. The molecule has 5 nitrogen and oxygen atoms in total. The van der Waals surface area contributed by atoms with Gasteiger partial charge < -0.3 is 14.7 Å². The summed E-state index contributed by atoms with van der Waals surface area (Å²) in [7, 11) is 0. The highest BCUT2D eigenvalue weighted by molar-refractivity contribution is 6.04. The van der Waals surface area contributed by atoms with Crippen molar-refractivity contribution in [1.29, 1.82) is 0 Å². The molecule has 0 fully saturated rings. The molecule has 0 spiro atoms. The van der Waals surface area contributed by atoms with Crippen LogP contribution in [0.3, 0.4) is 0 Å². The fraction of sp³-hybridized carbons (Fsp3) is 0.524. The third-order valence-corrected chi connectivity index (χ3v) is 4.31. The Kier molecular flexibility index (Phi) is 8.73. The number of benzene rings is 1. The van der Waals surface area contributed by atoms with E-state index in [-0.39, 0.29) is 6.42 Å². The smallest absolute Gasteiger partial charge is 0.303 e. The van der Waals surface area contributed by atoms with E-state index in [1.807, 2.05) is 12.1 Å². The number of oxime groups is 1. The molecule has 1 N–H and O–H groups in total. The first kappa shape index (κ1) is 20.0. The van der Waals surface area contributed by atoms with Crippen LogP contribution in [0.25, 0.3) is 0 Å². The van der Waals surface area contributed by atoms with Crippen molar-refractivity contribution in [1.82, 2.24) is 0 Å². The van der Waals surface area contributed by atoms with E-state index in [0.29, 0.717) is 19.6 Å². The van der Waals surface area contributed by atoms with Crippen LogP contribution in [0.1, 0.15) is 63.0 Å². The van der Waals surface area contributed by atoms with Gasteiger partial charge in [-0.15, -0.1) is 0 Å². The molecule has 0 aromatic heterocycles. The molecule has 0 unspecified atom stereocenters. The second kappa shape index (κ2) is 11.3. The van der Waals surface area contributed by atoms with E-state index in [2.05, 4.69) is 30.3 Å². The minimum atomic E-state index is -0.809. The Balaban J connectivity index is 1.77. The first-order valence-electron chi connectivity index (χ1n) is 9.52. The van der Waals surface area contributed by atoms with Gasteiger partial charge in [0, 0.05) is 12.0 Å². The van der Waals surface area contributed by atoms with Crippen LogP contribution in [0.5, 0.6) is 5.75 Å². The van der Waals surface area contributed by atoms with E-state index in [1.54, 1.807) is 0 Å². The number of hydrogen-bond donors (Lipinski definition) is 1. The lowest BCUT2D eigenvalue weighted by atomic mass is 10.1. The molecule has 0 saturated carbocycles. The van der Waals surface area contributed by atoms with Gasteiger partial charge >= 0.3 is 5.97 Å². The monoisotopic (exact) mass is 359 g/mol. The standard InChI is InChI=1S/C21H29NO4/c1-2-3-4-5-6-7-14-25-18-11-12-19-17(16-18)10-13-20(19)22-26-15-8-9-21(23)24/h6-7,11-12,16H,2-5,8-10,13-15H2,1H3,(H,23,24)/b7-6-,22-20-. The zero-order chi connectivity index (χ0) is 18.6. The second-order valence-corrected chi connectivity index (χ2v) is 6.47. The van der Waals surface area contributed by atoms with Crippen molar-refractivity contribution < 1.29 is 19.5 Å². The molecule has 142 valence electrons. The van der Waals surface area contributed by atoms with Gasteiger partial charge in [-0.2, -0.15) is 0 Å². The van der Waals surface area contributed by atoms with Gasteiger partial charge in [-0.05, 0) is 55.9 Å². The van der Waals surface area contributed by atoms with E-state index < -0.39 is 5.97 Å². The number of aliphatic carboxylic acids is 1. The summed E-state index contributed by atoms with van der Waals surface area (Å²) in [5, 5.41) is 12.8. The van der Waals surface area contributed by atoms with Crippen LogP contribution in [-0.2, 0) is 16.1 Å². The molecular formula is C21H29NO4. The molecule has 1 aromatic rings. The molecule has 0 bridgehead atoms. The minimum Gasteiger partial charge on any atom is -0.490 e. The maximum absolute atomic E-state index is 10.5. The van der Waals surface area contributed by atoms with Crippen LogP contribution in [0.4, 0.5) is 0 Å². The number of unbranched alkanes of at least 4 members (excludes halogenated alkanes) is 3. The van der Waals surface area contributed by atoms with Gasteiger partial charge in [0.2, 0.25) is 0 Å². The number of carboxylic acid groups (broad SMARTS) is 1. The fourth-order valence-corrected chi connectivity index (χ4v) is 2.88. The minimum absolute atomic E-state index is 0.106.